The largest absolute Gasteiger partial charge is 0.465 e. The number of piperidine rings is 3. The van der Waals surface area contributed by atoms with Gasteiger partial charge in [0, 0.05) is 50.9 Å². The molecule has 0 radical (unpaired) electrons. The highest BCUT2D eigenvalue weighted by atomic mass is 35.5. The van der Waals surface area contributed by atoms with E-state index in [9.17, 15) is 32.3 Å². The summed E-state index contributed by atoms with van der Waals surface area (Å²) in [4.78, 5) is 60.2. The number of benzene rings is 2. The summed E-state index contributed by atoms with van der Waals surface area (Å²) in [6.07, 6.45) is 0.233. The number of carbonyl (C=O) groups is 4. The van der Waals surface area contributed by atoms with E-state index in [0.717, 1.165) is 56.1 Å². The van der Waals surface area contributed by atoms with Crippen molar-refractivity contribution in [2.24, 2.45) is 11.8 Å². The van der Waals surface area contributed by atoms with Crippen molar-refractivity contribution in [1.82, 2.24) is 24.9 Å². The molecule has 1 atom stereocenters. The van der Waals surface area contributed by atoms with Gasteiger partial charge in [-0.15, -0.1) is 0 Å². The number of alkyl halides is 3. The summed E-state index contributed by atoms with van der Waals surface area (Å²) in [5.74, 6) is 0.271. The quantitative estimate of drug-likeness (QED) is 0.221. The molecule has 55 heavy (non-hydrogen) atoms. The van der Waals surface area contributed by atoms with Crippen molar-refractivity contribution in [3.63, 3.8) is 0 Å². The highest BCUT2D eigenvalue weighted by Crippen LogP contribution is 2.38. The van der Waals surface area contributed by atoms with Gasteiger partial charge in [-0.3, -0.25) is 14.5 Å². The second-order valence-electron chi connectivity index (χ2n) is 15.1. The van der Waals surface area contributed by atoms with Gasteiger partial charge in [0.05, 0.1) is 29.4 Å². The molecule has 4 N–H and O–H groups in total. The number of para-hydroxylation sites is 1. The molecule has 0 spiro atoms. The van der Waals surface area contributed by atoms with Gasteiger partial charge in [-0.05, 0) is 106 Å². The zero-order valence-electron chi connectivity index (χ0n) is 31.2. The van der Waals surface area contributed by atoms with Crippen LogP contribution in [0, 0.1) is 11.8 Å². The number of hydrogen-bond donors (Lipinski definition) is 3. The number of urea groups is 2. The van der Waals surface area contributed by atoms with Crippen molar-refractivity contribution in [3.05, 3.63) is 58.1 Å². The van der Waals surface area contributed by atoms with Crippen LogP contribution in [0.5, 0.6) is 0 Å². The Hall–Kier alpha value is -4.24. The summed E-state index contributed by atoms with van der Waals surface area (Å²) in [6.45, 7) is 6.18. The number of likely N-dealkylation sites (tertiary alicyclic amines) is 3. The summed E-state index contributed by atoms with van der Waals surface area (Å²) in [7, 11) is 0. The maximum atomic E-state index is 14.2. The molecule has 12 nitrogen and oxygen atoms in total. The first-order chi connectivity index (χ1) is 26.3. The van der Waals surface area contributed by atoms with E-state index in [4.69, 9.17) is 22.1 Å². The van der Waals surface area contributed by atoms with Crippen LogP contribution in [0.15, 0.2) is 36.4 Å². The van der Waals surface area contributed by atoms with E-state index in [1.54, 1.807) is 16.7 Å². The summed E-state index contributed by atoms with van der Waals surface area (Å²) >= 11 is 6.15. The monoisotopic (exact) mass is 789 g/mol. The first kappa shape index (κ1) is 40.4. The Labute approximate surface area is 324 Å². The van der Waals surface area contributed by atoms with E-state index in [1.807, 2.05) is 29.2 Å². The Bertz CT molecular complexity index is 1710. The van der Waals surface area contributed by atoms with E-state index < -0.39 is 29.5 Å². The number of carbonyl (C=O) groups excluding carboxylic acids is 4. The molecule has 0 saturated carbocycles. The average Bonchev–Trinajstić information content (AvgIpc) is 3.33. The van der Waals surface area contributed by atoms with Crippen LogP contribution >= 0.6 is 11.6 Å². The standard InChI is InChI=1S/C39H51ClF3N7O5/c1-2-55-34(51)24-47-14-7-26(8-15-47)27-9-16-48(17-10-27)36(52)33(23-25-21-30(39(41,42)43)35(44)31(40)22-25)46-37(53)49-18-12-29(13-19-49)50-20-11-28-5-3-4-6-32(28)45-38(50)54/h3-6,21-22,26-27,29,33H,2,7-20,23-24,44H2,1H3,(H,45,54)(H,46,53)/t33-/m1/s1. The van der Waals surface area contributed by atoms with Crippen molar-refractivity contribution < 1.29 is 37.1 Å². The number of nitrogens with two attached hydrogens (primary N) is 1. The first-order valence-corrected chi connectivity index (χ1v) is 19.7. The zero-order chi connectivity index (χ0) is 39.3. The van der Waals surface area contributed by atoms with Gasteiger partial charge in [-0.25, -0.2) is 9.59 Å². The molecule has 3 fully saturated rings. The molecule has 5 amide bonds. The summed E-state index contributed by atoms with van der Waals surface area (Å²) in [5, 5.41) is 5.58. The van der Waals surface area contributed by atoms with Crippen molar-refractivity contribution in [2.75, 3.05) is 70.0 Å². The van der Waals surface area contributed by atoms with E-state index in [1.165, 1.54) is 6.07 Å². The number of esters is 1. The van der Waals surface area contributed by atoms with Crippen molar-refractivity contribution >= 4 is 46.9 Å². The number of halogens is 4. The molecule has 0 aliphatic carbocycles. The molecule has 4 aliphatic heterocycles. The smallest absolute Gasteiger partial charge is 0.418 e. The van der Waals surface area contributed by atoms with Crippen LogP contribution in [-0.4, -0.2) is 115 Å². The lowest BCUT2D eigenvalue weighted by atomic mass is 9.78. The number of fused-ring (bicyclic) bond motifs is 1. The third kappa shape index (κ3) is 9.96. The van der Waals surface area contributed by atoms with Gasteiger partial charge in [0.15, 0.2) is 0 Å². The topological polar surface area (TPSA) is 141 Å². The van der Waals surface area contributed by atoms with Crippen LogP contribution in [0.2, 0.25) is 5.02 Å². The molecule has 4 heterocycles. The summed E-state index contributed by atoms with van der Waals surface area (Å²) < 4.78 is 46.7. The highest BCUT2D eigenvalue weighted by molar-refractivity contribution is 6.33. The summed E-state index contributed by atoms with van der Waals surface area (Å²) in [6, 6.07) is 8.00. The van der Waals surface area contributed by atoms with Gasteiger partial charge in [-0.2, -0.15) is 13.2 Å². The fourth-order valence-corrected chi connectivity index (χ4v) is 8.85. The van der Waals surface area contributed by atoms with Crippen molar-refractivity contribution in [3.8, 4) is 0 Å². The van der Waals surface area contributed by atoms with Gasteiger partial charge < -0.3 is 35.8 Å². The zero-order valence-corrected chi connectivity index (χ0v) is 32.0. The third-order valence-corrected chi connectivity index (χ3v) is 12.0. The van der Waals surface area contributed by atoms with Crippen molar-refractivity contribution in [1.29, 1.82) is 0 Å². The second kappa shape index (κ2) is 17.7. The van der Waals surface area contributed by atoms with Crippen LogP contribution in [0.3, 0.4) is 0 Å². The predicted molar refractivity (Wildman–Crippen MR) is 202 cm³/mol. The van der Waals surface area contributed by atoms with Crippen molar-refractivity contribution in [2.45, 2.75) is 76.6 Å². The number of amides is 5. The molecular formula is C39H51ClF3N7O5. The number of nitrogens with zero attached hydrogens (tertiary/aromatic N) is 4. The Morgan fingerprint density at radius 2 is 1.58 bits per heavy atom. The third-order valence-electron chi connectivity index (χ3n) is 11.7. The fraction of sp³-hybridized carbons (Fsp3) is 0.590. The van der Waals surface area contributed by atoms with Gasteiger partial charge in [0.1, 0.15) is 6.04 Å². The SMILES string of the molecule is CCOC(=O)CN1CCC(C2CCN(C(=O)[C@@H](Cc3cc(Cl)c(N)c(C(F)(F)F)c3)NC(=O)N3CCC(N4CCc5ccccc5NC4=O)CC3)CC2)CC1. The first-order valence-electron chi connectivity index (χ1n) is 19.3. The number of nitrogen functional groups attached to an aromatic ring is 1. The molecule has 0 bridgehead atoms. The highest BCUT2D eigenvalue weighted by Gasteiger charge is 2.38. The summed E-state index contributed by atoms with van der Waals surface area (Å²) in [5.41, 5.74) is 5.99. The van der Waals surface area contributed by atoms with Crippen LogP contribution in [0.1, 0.15) is 62.1 Å². The molecule has 16 heteroatoms. The predicted octanol–water partition coefficient (Wildman–Crippen LogP) is 5.63. The molecule has 0 unspecified atom stereocenters. The van der Waals surface area contributed by atoms with Crippen LogP contribution in [0.4, 0.5) is 34.1 Å². The number of hydrogen-bond acceptors (Lipinski definition) is 7. The molecule has 0 aromatic heterocycles. The van der Waals surface area contributed by atoms with E-state index >= 15 is 0 Å². The lowest BCUT2D eigenvalue weighted by Gasteiger charge is -2.41. The molecule has 300 valence electrons. The minimum Gasteiger partial charge on any atom is -0.465 e. The van der Waals surface area contributed by atoms with Crippen LogP contribution in [-0.2, 0) is 33.3 Å². The Balaban J connectivity index is 1.09. The van der Waals surface area contributed by atoms with E-state index in [2.05, 4.69) is 15.5 Å². The number of rotatable bonds is 9. The Morgan fingerprint density at radius 1 is 0.945 bits per heavy atom. The number of anilines is 2. The molecule has 4 aliphatic rings. The molecule has 6 rings (SSSR count). The second-order valence-corrected chi connectivity index (χ2v) is 15.5. The number of ether oxygens (including phenoxy) is 1. The maximum Gasteiger partial charge on any atom is 0.418 e. The lowest BCUT2D eigenvalue weighted by molar-refractivity contribution is -0.144. The molecule has 3 saturated heterocycles. The van der Waals surface area contributed by atoms with E-state index in [0.29, 0.717) is 70.4 Å². The minimum atomic E-state index is -4.76. The van der Waals surface area contributed by atoms with Gasteiger partial charge in [0.2, 0.25) is 5.91 Å². The fourth-order valence-electron chi connectivity index (χ4n) is 8.60. The average molecular weight is 790 g/mol. The maximum absolute atomic E-state index is 14.2. The Kier molecular flexibility index (Phi) is 13.0. The van der Waals surface area contributed by atoms with Crippen LogP contribution in [0.25, 0.3) is 0 Å². The minimum absolute atomic E-state index is 0.0837. The molecule has 2 aromatic rings. The van der Waals surface area contributed by atoms with Crippen LogP contribution < -0.4 is 16.4 Å². The lowest BCUT2D eigenvalue weighted by Crippen LogP contribution is -2.57. The Morgan fingerprint density at radius 3 is 2.24 bits per heavy atom. The van der Waals surface area contributed by atoms with Gasteiger partial charge >= 0.3 is 24.2 Å². The van der Waals surface area contributed by atoms with Gasteiger partial charge in [-0.1, -0.05) is 29.8 Å². The van der Waals surface area contributed by atoms with Gasteiger partial charge in [0.25, 0.3) is 0 Å². The molecule has 2 aromatic carbocycles. The van der Waals surface area contributed by atoms with E-state index in [-0.39, 0.29) is 47.5 Å². The number of nitrogens with one attached hydrogen (secondary N) is 2. The normalized spacial score (nSPS) is 20.0. The molecular weight excluding hydrogens is 739 g/mol.